The number of halogens is 1. The number of hydrazone groups is 1. The maximum absolute atomic E-state index is 12.0. The molecular formula is C18H19BrN2O. The Labute approximate surface area is 139 Å². The van der Waals surface area contributed by atoms with Gasteiger partial charge < -0.3 is 0 Å². The molecule has 22 heavy (non-hydrogen) atoms. The average molecular weight is 359 g/mol. The van der Waals surface area contributed by atoms with E-state index in [9.17, 15) is 4.79 Å². The topological polar surface area (TPSA) is 41.5 Å². The average Bonchev–Trinajstić information content (AvgIpc) is 2.46. The highest BCUT2D eigenvalue weighted by Crippen LogP contribution is 2.22. The lowest BCUT2D eigenvalue weighted by Crippen LogP contribution is -2.18. The van der Waals surface area contributed by atoms with Crippen LogP contribution in [0.2, 0.25) is 0 Å². The number of carbonyl (C=O) groups excluding carboxylic acids is 1. The first-order valence-electron chi connectivity index (χ1n) is 7.06. The quantitative estimate of drug-likeness (QED) is 0.636. The highest BCUT2D eigenvalue weighted by atomic mass is 79.9. The maximum atomic E-state index is 12.0. The van der Waals surface area contributed by atoms with Gasteiger partial charge in [-0.2, -0.15) is 5.10 Å². The summed E-state index contributed by atoms with van der Waals surface area (Å²) >= 11 is 3.39. The number of rotatable bonds is 3. The van der Waals surface area contributed by atoms with Crippen molar-refractivity contribution in [3.05, 3.63) is 69.7 Å². The van der Waals surface area contributed by atoms with Crippen molar-refractivity contribution >= 4 is 28.1 Å². The van der Waals surface area contributed by atoms with Gasteiger partial charge in [-0.3, -0.25) is 4.79 Å². The molecule has 0 aliphatic carbocycles. The predicted octanol–water partition coefficient (Wildman–Crippen LogP) is 4.51. The number of carbonyl (C=O) groups is 1. The van der Waals surface area contributed by atoms with Gasteiger partial charge in [-0.15, -0.1) is 0 Å². The van der Waals surface area contributed by atoms with E-state index in [0.29, 0.717) is 5.56 Å². The number of nitrogens with one attached hydrogen (secondary N) is 1. The molecule has 0 saturated heterocycles. The van der Waals surface area contributed by atoms with Gasteiger partial charge in [0.1, 0.15) is 0 Å². The first-order valence-corrected chi connectivity index (χ1v) is 7.85. The Bertz CT molecular complexity index is 685. The molecule has 1 amide bonds. The second-order valence-corrected chi connectivity index (χ2v) is 7.00. The molecule has 0 heterocycles. The van der Waals surface area contributed by atoms with Crippen molar-refractivity contribution in [1.29, 1.82) is 0 Å². The standard InChI is InChI=1S/C18H19BrN2O/c1-18(2,3)15-9-7-14(8-10-15)17(22)21-20-12-13-5-4-6-16(19)11-13/h4-12H,1-3H3,(H,21,22)/b20-12-. The van der Waals surface area contributed by atoms with Crippen LogP contribution in [0.5, 0.6) is 0 Å². The zero-order valence-electron chi connectivity index (χ0n) is 12.9. The van der Waals surface area contributed by atoms with Gasteiger partial charge in [0.2, 0.25) is 0 Å². The van der Waals surface area contributed by atoms with Crippen LogP contribution < -0.4 is 5.43 Å². The van der Waals surface area contributed by atoms with Crippen molar-refractivity contribution in [2.75, 3.05) is 0 Å². The molecule has 2 aromatic carbocycles. The summed E-state index contributed by atoms with van der Waals surface area (Å²) in [6.45, 7) is 6.43. The molecule has 0 aliphatic rings. The van der Waals surface area contributed by atoms with Crippen molar-refractivity contribution in [1.82, 2.24) is 5.43 Å². The molecule has 0 unspecified atom stereocenters. The summed E-state index contributed by atoms with van der Waals surface area (Å²) in [7, 11) is 0. The van der Waals surface area contributed by atoms with Crippen LogP contribution in [-0.2, 0) is 5.41 Å². The minimum absolute atomic E-state index is 0.0772. The lowest BCUT2D eigenvalue weighted by atomic mass is 9.87. The van der Waals surface area contributed by atoms with Gasteiger partial charge in [0, 0.05) is 10.0 Å². The fourth-order valence-electron chi connectivity index (χ4n) is 1.94. The first kappa shape index (κ1) is 16.4. The Kier molecular flexibility index (Phi) is 5.14. The molecule has 0 radical (unpaired) electrons. The largest absolute Gasteiger partial charge is 0.271 e. The second-order valence-electron chi connectivity index (χ2n) is 6.08. The molecule has 0 saturated carbocycles. The fraction of sp³-hybridized carbons (Fsp3) is 0.222. The van der Waals surface area contributed by atoms with Crippen LogP contribution in [0.4, 0.5) is 0 Å². The lowest BCUT2D eigenvalue weighted by Gasteiger charge is -2.18. The molecule has 0 atom stereocenters. The van der Waals surface area contributed by atoms with Crippen LogP contribution in [0.25, 0.3) is 0 Å². The van der Waals surface area contributed by atoms with Gasteiger partial charge >= 0.3 is 0 Å². The van der Waals surface area contributed by atoms with Gasteiger partial charge in [0.15, 0.2) is 0 Å². The minimum Gasteiger partial charge on any atom is -0.267 e. The third kappa shape index (κ3) is 4.53. The van der Waals surface area contributed by atoms with Crippen molar-refractivity contribution in [2.24, 2.45) is 5.10 Å². The maximum Gasteiger partial charge on any atom is 0.271 e. The highest BCUT2D eigenvalue weighted by molar-refractivity contribution is 9.10. The number of amides is 1. The van der Waals surface area contributed by atoms with E-state index >= 15 is 0 Å². The van der Waals surface area contributed by atoms with E-state index < -0.39 is 0 Å². The van der Waals surface area contributed by atoms with Crippen LogP contribution in [0.3, 0.4) is 0 Å². The molecule has 0 fully saturated rings. The van der Waals surface area contributed by atoms with E-state index in [1.165, 1.54) is 5.56 Å². The normalized spacial score (nSPS) is 11.6. The van der Waals surface area contributed by atoms with E-state index in [1.54, 1.807) is 6.21 Å². The molecule has 2 aromatic rings. The molecule has 1 N–H and O–H groups in total. The second kappa shape index (κ2) is 6.88. The smallest absolute Gasteiger partial charge is 0.267 e. The summed E-state index contributed by atoms with van der Waals surface area (Å²) in [4.78, 5) is 12.0. The van der Waals surface area contributed by atoms with E-state index in [0.717, 1.165) is 10.0 Å². The summed E-state index contributed by atoms with van der Waals surface area (Å²) in [6, 6.07) is 15.3. The fourth-order valence-corrected chi connectivity index (χ4v) is 2.36. The Morgan fingerprint density at radius 1 is 1.14 bits per heavy atom. The number of hydrogen-bond donors (Lipinski definition) is 1. The molecule has 0 bridgehead atoms. The van der Waals surface area contributed by atoms with Crippen LogP contribution >= 0.6 is 15.9 Å². The van der Waals surface area contributed by atoms with Crippen molar-refractivity contribution < 1.29 is 4.79 Å². The third-order valence-electron chi connectivity index (χ3n) is 3.24. The van der Waals surface area contributed by atoms with E-state index in [-0.39, 0.29) is 11.3 Å². The first-order chi connectivity index (χ1) is 10.4. The Morgan fingerprint density at radius 3 is 2.41 bits per heavy atom. The molecular weight excluding hydrogens is 340 g/mol. The summed E-state index contributed by atoms with van der Waals surface area (Å²) in [6.07, 6.45) is 1.62. The molecule has 114 valence electrons. The van der Waals surface area contributed by atoms with Gasteiger partial charge in [-0.25, -0.2) is 5.43 Å². The van der Waals surface area contributed by atoms with Crippen LogP contribution in [0.1, 0.15) is 42.3 Å². The summed E-state index contributed by atoms with van der Waals surface area (Å²) in [5.74, 6) is -0.216. The highest BCUT2D eigenvalue weighted by Gasteiger charge is 2.14. The van der Waals surface area contributed by atoms with Gasteiger partial charge in [0.05, 0.1) is 6.21 Å². The van der Waals surface area contributed by atoms with Gasteiger partial charge in [-0.1, -0.05) is 61.0 Å². The van der Waals surface area contributed by atoms with Crippen LogP contribution in [-0.4, -0.2) is 12.1 Å². The Hall–Kier alpha value is -1.94. The molecule has 0 spiro atoms. The van der Waals surface area contributed by atoms with Crippen molar-refractivity contribution in [2.45, 2.75) is 26.2 Å². The summed E-state index contributed by atoms with van der Waals surface area (Å²) < 4.78 is 0.973. The molecule has 0 aromatic heterocycles. The van der Waals surface area contributed by atoms with Crippen molar-refractivity contribution in [3.63, 3.8) is 0 Å². The summed E-state index contributed by atoms with van der Waals surface area (Å²) in [5.41, 5.74) is 5.32. The third-order valence-corrected chi connectivity index (χ3v) is 3.73. The lowest BCUT2D eigenvalue weighted by molar-refractivity contribution is 0.0955. The molecule has 0 aliphatic heterocycles. The zero-order chi connectivity index (χ0) is 16.2. The van der Waals surface area contributed by atoms with E-state index in [2.05, 4.69) is 47.2 Å². The number of nitrogens with zero attached hydrogens (tertiary/aromatic N) is 1. The number of hydrogen-bond acceptors (Lipinski definition) is 2. The van der Waals surface area contributed by atoms with Gasteiger partial charge in [-0.05, 0) is 40.8 Å². The van der Waals surface area contributed by atoms with Crippen molar-refractivity contribution in [3.8, 4) is 0 Å². The molecule has 3 nitrogen and oxygen atoms in total. The van der Waals surface area contributed by atoms with E-state index in [1.807, 2.05) is 48.5 Å². The van der Waals surface area contributed by atoms with Crippen LogP contribution in [0.15, 0.2) is 58.1 Å². The SMILES string of the molecule is CC(C)(C)c1ccc(C(=O)N/N=C\c2cccc(Br)c2)cc1. The zero-order valence-corrected chi connectivity index (χ0v) is 14.5. The molecule has 2 rings (SSSR count). The Balaban J connectivity index is 2.00. The Morgan fingerprint density at radius 2 is 1.82 bits per heavy atom. The van der Waals surface area contributed by atoms with Crippen LogP contribution in [0, 0.1) is 0 Å². The predicted molar refractivity (Wildman–Crippen MR) is 94.3 cm³/mol. The summed E-state index contributed by atoms with van der Waals surface area (Å²) in [5, 5.41) is 3.98. The molecule has 4 heteroatoms. The minimum atomic E-state index is -0.216. The van der Waals surface area contributed by atoms with Gasteiger partial charge in [0.25, 0.3) is 5.91 Å². The van der Waals surface area contributed by atoms with E-state index in [4.69, 9.17) is 0 Å². The monoisotopic (exact) mass is 358 g/mol. The number of benzene rings is 2.